The molecule has 2 atom stereocenters. The second-order valence-electron chi connectivity index (χ2n) is 5.63. The Bertz CT molecular complexity index is 587. The van der Waals surface area contributed by atoms with E-state index < -0.39 is 29.5 Å². The monoisotopic (exact) mass is 328 g/mol. The topological polar surface area (TPSA) is 58.2 Å². The summed E-state index contributed by atoms with van der Waals surface area (Å²) in [7, 11) is 0. The van der Waals surface area contributed by atoms with Crippen molar-refractivity contribution in [3.8, 4) is 0 Å². The number of benzene rings is 1. The van der Waals surface area contributed by atoms with Crippen molar-refractivity contribution in [1.29, 1.82) is 0 Å². The average Bonchev–Trinajstić information content (AvgIpc) is 3.27. The molecule has 0 spiro atoms. The molecule has 126 valence electrons. The fraction of sp³-hybridized carbons (Fsp3) is 0.500. The second kappa shape index (κ2) is 7.02. The number of alkyl halides is 3. The molecule has 1 aliphatic carbocycles. The molecule has 0 aliphatic heterocycles. The number of hydrogen-bond donors (Lipinski definition) is 2. The van der Waals surface area contributed by atoms with E-state index in [2.05, 4.69) is 10.6 Å². The Balaban J connectivity index is 1.93. The predicted octanol–water partition coefficient (Wildman–Crippen LogP) is 3.20. The third-order valence-corrected chi connectivity index (χ3v) is 3.78. The van der Waals surface area contributed by atoms with Gasteiger partial charge in [0.2, 0.25) is 11.8 Å². The molecule has 0 heterocycles. The van der Waals surface area contributed by atoms with Gasteiger partial charge in [0.05, 0.1) is 23.1 Å². The normalized spacial score (nSPS) is 20.0. The van der Waals surface area contributed by atoms with Crippen LogP contribution in [0.5, 0.6) is 0 Å². The Hall–Kier alpha value is -2.05. The standard InChI is InChI=1S/C16H19F3N2O2/c1-2-3-8-20-14(22)10-9-11(10)15(23)21-13-7-5-4-6-12(13)16(17,18)19/h4-7,10-11H,2-3,8-9H2,1H3,(H,20,22)(H,21,23). The molecule has 1 aliphatic rings. The summed E-state index contributed by atoms with van der Waals surface area (Å²) < 4.78 is 38.6. The summed E-state index contributed by atoms with van der Waals surface area (Å²) in [5.74, 6) is -1.75. The fourth-order valence-corrected chi connectivity index (χ4v) is 2.36. The fourth-order valence-electron chi connectivity index (χ4n) is 2.36. The van der Waals surface area contributed by atoms with Gasteiger partial charge >= 0.3 is 6.18 Å². The van der Waals surface area contributed by atoms with Gasteiger partial charge in [-0.15, -0.1) is 0 Å². The van der Waals surface area contributed by atoms with E-state index in [0.29, 0.717) is 13.0 Å². The van der Waals surface area contributed by atoms with Crippen molar-refractivity contribution < 1.29 is 22.8 Å². The zero-order valence-electron chi connectivity index (χ0n) is 12.7. The maximum Gasteiger partial charge on any atom is 0.418 e. The summed E-state index contributed by atoms with van der Waals surface area (Å²) >= 11 is 0. The van der Waals surface area contributed by atoms with Crippen LogP contribution in [0.3, 0.4) is 0 Å². The number of para-hydroxylation sites is 1. The van der Waals surface area contributed by atoms with Crippen molar-refractivity contribution in [1.82, 2.24) is 5.32 Å². The van der Waals surface area contributed by atoms with E-state index in [-0.39, 0.29) is 11.6 Å². The SMILES string of the molecule is CCCCNC(=O)C1CC1C(=O)Nc1ccccc1C(F)(F)F. The Kier molecular flexibility index (Phi) is 5.28. The van der Waals surface area contributed by atoms with Gasteiger partial charge in [0.25, 0.3) is 0 Å². The number of anilines is 1. The van der Waals surface area contributed by atoms with Gasteiger partial charge in [0.15, 0.2) is 0 Å². The third-order valence-electron chi connectivity index (χ3n) is 3.78. The lowest BCUT2D eigenvalue weighted by molar-refractivity contribution is -0.137. The first-order valence-corrected chi connectivity index (χ1v) is 7.59. The highest BCUT2D eigenvalue weighted by Gasteiger charge is 2.48. The van der Waals surface area contributed by atoms with E-state index in [1.807, 2.05) is 6.92 Å². The lowest BCUT2D eigenvalue weighted by Crippen LogP contribution is -2.28. The number of nitrogens with one attached hydrogen (secondary N) is 2. The first-order valence-electron chi connectivity index (χ1n) is 7.59. The Morgan fingerprint density at radius 1 is 1.17 bits per heavy atom. The van der Waals surface area contributed by atoms with Crippen LogP contribution in [0.1, 0.15) is 31.7 Å². The highest BCUT2D eigenvalue weighted by atomic mass is 19.4. The average molecular weight is 328 g/mol. The minimum Gasteiger partial charge on any atom is -0.356 e. The largest absolute Gasteiger partial charge is 0.418 e. The Morgan fingerprint density at radius 3 is 2.48 bits per heavy atom. The molecule has 0 radical (unpaired) electrons. The number of carbonyl (C=O) groups is 2. The van der Waals surface area contributed by atoms with E-state index in [1.54, 1.807) is 0 Å². The quantitative estimate of drug-likeness (QED) is 0.788. The maximum atomic E-state index is 12.9. The Morgan fingerprint density at radius 2 is 1.83 bits per heavy atom. The summed E-state index contributed by atoms with van der Waals surface area (Å²) in [5, 5.41) is 5.02. The van der Waals surface area contributed by atoms with Crippen molar-refractivity contribution in [2.75, 3.05) is 11.9 Å². The van der Waals surface area contributed by atoms with E-state index in [4.69, 9.17) is 0 Å². The third kappa shape index (κ3) is 4.46. The molecule has 23 heavy (non-hydrogen) atoms. The van der Waals surface area contributed by atoms with Crippen LogP contribution < -0.4 is 10.6 Å². The molecule has 1 aromatic carbocycles. The van der Waals surface area contributed by atoms with Crippen LogP contribution in [-0.4, -0.2) is 18.4 Å². The molecule has 2 N–H and O–H groups in total. The zero-order valence-corrected chi connectivity index (χ0v) is 12.7. The van der Waals surface area contributed by atoms with Crippen molar-refractivity contribution in [3.05, 3.63) is 29.8 Å². The summed E-state index contributed by atoms with van der Waals surface area (Å²) in [6.45, 7) is 2.55. The first kappa shape index (κ1) is 17.3. The number of amides is 2. The predicted molar refractivity (Wildman–Crippen MR) is 79.6 cm³/mol. The van der Waals surface area contributed by atoms with Crippen LogP contribution in [0.2, 0.25) is 0 Å². The summed E-state index contributed by atoms with van der Waals surface area (Å²) in [5.41, 5.74) is -1.17. The van der Waals surface area contributed by atoms with Crippen molar-refractivity contribution >= 4 is 17.5 Å². The molecule has 2 amide bonds. The Labute approximate surface area is 132 Å². The number of unbranched alkanes of at least 4 members (excludes halogenated alkanes) is 1. The molecule has 2 rings (SSSR count). The van der Waals surface area contributed by atoms with Gasteiger partial charge in [-0.2, -0.15) is 13.2 Å². The van der Waals surface area contributed by atoms with E-state index in [0.717, 1.165) is 18.9 Å². The van der Waals surface area contributed by atoms with E-state index in [1.165, 1.54) is 18.2 Å². The van der Waals surface area contributed by atoms with Gasteiger partial charge in [-0.3, -0.25) is 9.59 Å². The minimum absolute atomic E-state index is 0.206. The summed E-state index contributed by atoms with van der Waals surface area (Å²) in [6, 6.07) is 4.81. The van der Waals surface area contributed by atoms with Gasteiger partial charge in [-0.05, 0) is 25.0 Å². The van der Waals surface area contributed by atoms with Gasteiger partial charge in [0, 0.05) is 6.54 Å². The zero-order chi connectivity index (χ0) is 17.0. The molecule has 1 fully saturated rings. The number of hydrogen-bond acceptors (Lipinski definition) is 2. The van der Waals surface area contributed by atoms with Crippen LogP contribution in [0.25, 0.3) is 0 Å². The summed E-state index contributed by atoms with van der Waals surface area (Å²) in [4.78, 5) is 23.8. The lowest BCUT2D eigenvalue weighted by Gasteiger charge is -2.13. The molecular formula is C16H19F3N2O2. The van der Waals surface area contributed by atoms with Crippen molar-refractivity contribution in [2.24, 2.45) is 11.8 Å². The molecule has 2 unspecified atom stereocenters. The molecule has 7 heteroatoms. The van der Waals surface area contributed by atoms with Crippen LogP contribution in [0.15, 0.2) is 24.3 Å². The number of rotatable bonds is 6. The minimum atomic E-state index is -4.54. The van der Waals surface area contributed by atoms with Crippen LogP contribution in [0, 0.1) is 11.8 Å². The van der Waals surface area contributed by atoms with Crippen LogP contribution >= 0.6 is 0 Å². The molecular weight excluding hydrogens is 309 g/mol. The maximum absolute atomic E-state index is 12.9. The molecule has 0 aromatic heterocycles. The van der Waals surface area contributed by atoms with Crippen LogP contribution in [-0.2, 0) is 15.8 Å². The lowest BCUT2D eigenvalue weighted by atomic mass is 10.1. The molecule has 0 saturated heterocycles. The van der Waals surface area contributed by atoms with Gasteiger partial charge in [0.1, 0.15) is 0 Å². The molecule has 4 nitrogen and oxygen atoms in total. The number of carbonyl (C=O) groups excluding carboxylic acids is 2. The van der Waals surface area contributed by atoms with E-state index in [9.17, 15) is 22.8 Å². The van der Waals surface area contributed by atoms with E-state index >= 15 is 0 Å². The summed E-state index contributed by atoms with van der Waals surface area (Å²) in [6.07, 6.45) is -2.36. The van der Waals surface area contributed by atoms with Crippen molar-refractivity contribution in [2.45, 2.75) is 32.4 Å². The number of halogens is 3. The molecule has 1 aromatic rings. The second-order valence-corrected chi connectivity index (χ2v) is 5.63. The highest BCUT2D eigenvalue weighted by molar-refractivity contribution is 5.99. The van der Waals surface area contributed by atoms with Crippen molar-refractivity contribution in [3.63, 3.8) is 0 Å². The molecule has 1 saturated carbocycles. The van der Waals surface area contributed by atoms with Gasteiger partial charge in [-0.25, -0.2) is 0 Å². The van der Waals surface area contributed by atoms with Gasteiger partial charge in [-0.1, -0.05) is 25.5 Å². The van der Waals surface area contributed by atoms with Gasteiger partial charge < -0.3 is 10.6 Å². The smallest absolute Gasteiger partial charge is 0.356 e. The van der Waals surface area contributed by atoms with Crippen LogP contribution in [0.4, 0.5) is 18.9 Å². The molecule has 0 bridgehead atoms. The highest BCUT2D eigenvalue weighted by Crippen LogP contribution is 2.41. The first-order chi connectivity index (χ1) is 10.8.